The van der Waals surface area contributed by atoms with Gasteiger partial charge in [-0.15, -0.1) is 0 Å². The Morgan fingerprint density at radius 3 is 1.23 bits per heavy atom. The van der Waals surface area contributed by atoms with E-state index in [1.807, 2.05) is 0 Å². The molecular weight excluding hydrogens is 320 g/mol. The Morgan fingerprint density at radius 1 is 0.423 bits per heavy atom. The first kappa shape index (κ1) is 19.2. The van der Waals surface area contributed by atoms with Gasteiger partial charge in [-0.05, 0) is 81.0 Å². The zero-order valence-electron chi connectivity index (χ0n) is 17.3. The van der Waals surface area contributed by atoms with Crippen molar-refractivity contribution in [3.63, 3.8) is 0 Å². The van der Waals surface area contributed by atoms with Crippen LogP contribution in [0.3, 0.4) is 0 Å². The third kappa shape index (κ3) is 4.66. The first-order chi connectivity index (χ1) is 12.7. The molecule has 1 saturated heterocycles. The summed E-state index contributed by atoms with van der Waals surface area (Å²) in [5.74, 6) is 6.13. The van der Waals surface area contributed by atoms with Gasteiger partial charge in [-0.1, -0.05) is 39.5 Å². The van der Waals surface area contributed by atoms with Crippen molar-refractivity contribution in [2.75, 3.05) is 13.2 Å². The van der Waals surface area contributed by atoms with Gasteiger partial charge < -0.3 is 9.47 Å². The first-order valence-corrected chi connectivity index (χ1v) is 11.9. The minimum absolute atomic E-state index is 0.112. The van der Waals surface area contributed by atoms with Gasteiger partial charge in [0.1, 0.15) is 0 Å². The van der Waals surface area contributed by atoms with Gasteiger partial charge in [-0.2, -0.15) is 0 Å². The zero-order valence-corrected chi connectivity index (χ0v) is 17.3. The highest BCUT2D eigenvalue weighted by Crippen LogP contribution is 2.43. The Balaban J connectivity index is 1.18. The lowest BCUT2D eigenvalue weighted by molar-refractivity contribution is -0.237. The van der Waals surface area contributed by atoms with Gasteiger partial charge in [0.2, 0.25) is 0 Å². The van der Waals surface area contributed by atoms with Crippen molar-refractivity contribution in [3.05, 3.63) is 0 Å². The summed E-state index contributed by atoms with van der Waals surface area (Å²) in [5, 5.41) is 0. The minimum atomic E-state index is 0.112. The van der Waals surface area contributed by atoms with Gasteiger partial charge >= 0.3 is 0 Å². The van der Waals surface area contributed by atoms with Crippen LogP contribution in [0.5, 0.6) is 0 Å². The van der Waals surface area contributed by atoms with Crippen LogP contribution in [0, 0.1) is 41.4 Å². The van der Waals surface area contributed by atoms with Crippen LogP contribution in [0.1, 0.15) is 90.9 Å². The lowest BCUT2D eigenvalue weighted by Crippen LogP contribution is -2.41. The van der Waals surface area contributed by atoms with E-state index < -0.39 is 0 Å². The van der Waals surface area contributed by atoms with Crippen LogP contribution in [-0.4, -0.2) is 19.5 Å². The number of rotatable bonds is 3. The molecule has 2 heteroatoms. The molecule has 1 heterocycles. The predicted octanol–water partition coefficient (Wildman–Crippen LogP) is 6.43. The minimum Gasteiger partial charge on any atom is -0.352 e. The number of ether oxygens (including phenoxy) is 2. The summed E-state index contributed by atoms with van der Waals surface area (Å²) < 4.78 is 12.6. The number of hydrogen-bond acceptors (Lipinski definition) is 2. The van der Waals surface area contributed by atoms with Crippen LogP contribution in [0.2, 0.25) is 0 Å². The second kappa shape index (κ2) is 8.95. The monoisotopic (exact) mass is 362 g/mol. The van der Waals surface area contributed by atoms with Crippen LogP contribution in [0.15, 0.2) is 0 Å². The Bertz CT molecular complexity index is 364. The molecule has 4 aliphatic rings. The third-order valence-corrected chi connectivity index (χ3v) is 8.60. The van der Waals surface area contributed by atoms with E-state index in [1.54, 1.807) is 0 Å². The average Bonchev–Trinajstić information content (AvgIpc) is 2.70. The number of hydrogen-bond donors (Lipinski definition) is 0. The second-order valence-corrected chi connectivity index (χ2v) is 10.5. The van der Waals surface area contributed by atoms with Crippen molar-refractivity contribution in [1.82, 2.24) is 0 Å². The lowest BCUT2D eigenvalue weighted by Gasteiger charge is -2.42. The molecule has 3 saturated carbocycles. The van der Waals surface area contributed by atoms with E-state index in [0.29, 0.717) is 11.8 Å². The molecule has 0 aromatic rings. The Labute approximate surface area is 161 Å². The molecule has 1 aliphatic heterocycles. The van der Waals surface area contributed by atoms with Crippen molar-refractivity contribution in [2.24, 2.45) is 41.4 Å². The maximum atomic E-state index is 6.28. The summed E-state index contributed by atoms with van der Waals surface area (Å²) >= 11 is 0. The van der Waals surface area contributed by atoms with Crippen molar-refractivity contribution in [1.29, 1.82) is 0 Å². The molecule has 0 aromatic carbocycles. The fourth-order valence-electron chi connectivity index (χ4n) is 6.48. The van der Waals surface area contributed by atoms with Gasteiger partial charge in [0.05, 0.1) is 13.2 Å². The quantitative estimate of drug-likeness (QED) is 0.575. The van der Waals surface area contributed by atoms with E-state index in [-0.39, 0.29) is 6.29 Å². The van der Waals surface area contributed by atoms with Crippen molar-refractivity contribution in [2.45, 2.75) is 97.2 Å². The molecular formula is C24H42O2. The molecule has 2 nitrogen and oxygen atoms in total. The lowest BCUT2D eigenvalue weighted by atomic mass is 9.69. The standard InChI is InChI=1S/C24H42O2/c1-17-3-7-19(8-4-17)20-11-13-22(14-12-20)24-25-15-23(16-26-24)21-9-5-18(2)6-10-21/h17-24H,3-16H2,1-2H3. The average molecular weight is 363 g/mol. The highest BCUT2D eigenvalue weighted by Gasteiger charge is 2.37. The molecule has 0 bridgehead atoms. The molecule has 4 rings (SSSR count). The SMILES string of the molecule is CC1CCC(C2CCC(C3OCC(C4CCC(C)CC4)CO3)CC2)CC1. The normalized spacial score (nSPS) is 48.2. The molecule has 0 spiro atoms. The van der Waals surface area contributed by atoms with E-state index >= 15 is 0 Å². The van der Waals surface area contributed by atoms with E-state index in [1.165, 1.54) is 77.0 Å². The summed E-state index contributed by atoms with van der Waals surface area (Å²) in [7, 11) is 0. The second-order valence-electron chi connectivity index (χ2n) is 10.5. The maximum absolute atomic E-state index is 6.28. The molecule has 0 radical (unpaired) electrons. The van der Waals surface area contributed by atoms with Crippen LogP contribution < -0.4 is 0 Å². The van der Waals surface area contributed by atoms with Crippen LogP contribution in [-0.2, 0) is 9.47 Å². The van der Waals surface area contributed by atoms with E-state index in [9.17, 15) is 0 Å². The summed E-state index contributed by atoms with van der Waals surface area (Å²) in [5.41, 5.74) is 0. The molecule has 4 fully saturated rings. The van der Waals surface area contributed by atoms with Crippen molar-refractivity contribution >= 4 is 0 Å². The summed E-state index contributed by atoms with van der Waals surface area (Å²) in [6.07, 6.45) is 17.2. The molecule has 0 unspecified atom stereocenters. The highest BCUT2D eigenvalue weighted by atomic mass is 16.7. The van der Waals surface area contributed by atoms with E-state index in [4.69, 9.17) is 9.47 Å². The highest BCUT2D eigenvalue weighted by molar-refractivity contribution is 4.84. The first-order valence-electron chi connectivity index (χ1n) is 11.9. The van der Waals surface area contributed by atoms with E-state index in [2.05, 4.69) is 13.8 Å². The molecule has 150 valence electrons. The van der Waals surface area contributed by atoms with Gasteiger partial charge in [0, 0.05) is 11.8 Å². The van der Waals surface area contributed by atoms with Crippen LogP contribution >= 0.6 is 0 Å². The molecule has 0 aromatic heterocycles. The topological polar surface area (TPSA) is 18.5 Å². The summed E-state index contributed by atoms with van der Waals surface area (Å²) in [6.45, 7) is 6.77. The fraction of sp³-hybridized carbons (Fsp3) is 1.00. The molecule has 0 amide bonds. The third-order valence-electron chi connectivity index (χ3n) is 8.60. The molecule has 3 aliphatic carbocycles. The van der Waals surface area contributed by atoms with E-state index in [0.717, 1.165) is 42.8 Å². The molecule has 0 atom stereocenters. The predicted molar refractivity (Wildman–Crippen MR) is 107 cm³/mol. The van der Waals surface area contributed by atoms with Crippen molar-refractivity contribution in [3.8, 4) is 0 Å². The van der Waals surface area contributed by atoms with Crippen molar-refractivity contribution < 1.29 is 9.47 Å². The summed E-state index contributed by atoms with van der Waals surface area (Å²) in [6, 6.07) is 0. The smallest absolute Gasteiger partial charge is 0.160 e. The van der Waals surface area contributed by atoms with Gasteiger partial charge in [-0.3, -0.25) is 0 Å². The van der Waals surface area contributed by atoms with Crippen LogP contribution in [0.25, 0.3) is 0 Å². The largest absolute Gasteiger partial charge is 0.352 e. The maximum Gasteiger partial charge on any atom is 0.160 e. The molecule has 26 heavy (non-hydrogen) atoms. The van der Waals surface area contributed by atoms with Gasteiger partial charge in [0.25, 0.3) is 0 Å². The van der Waals surface area contributed by atoms with Gasteiger partial charge in [0.15, 0.2) is 6.29 Å². The molecule has 0 N–H and O–H groups in total. The fourth-order valence-corrected chi connectivity index (χ4v) is 6.48. The zero-order chi connectivity index (χ0) is 17.9. The summed E-state index contributed by atoms with van der Waals surface area (Å²) in [4.78, 5) is 0. The Morgan fingerprint density at radius 2 is 0.769 bits per heavy atom. The Kier molecular flexibility index (Phi) is 6.62. The van der Waals surface area contributed by atoms with Crippen LogP contribution in [0.4, 0.5) is 0 Å². The Hall–Kier alpha value is -0.0800. The van der Waals surface area contributed by atoms with Gasteiger partial charge in [-0.25, -0.2) is 0 Å².